The molecule has 0 radical (unpaired) electrons. The number of hydrogen-bond donors (Lipinski definition) is 1. The quantitative estimate of drug-likeness (QED) is 0.782. The summed E-state index contributed by atoms with van der Waals surface area (Å²) in [7, 11) is 1.89. The highest BCUT2D eigenvalue weighted by atomic mass is 16.1. The number of nitrogens with one attached hydrogen (secondary N) is 1. The molecule has 82 valence electrons. The standard InChI is InChI=1S/C11H17N3O/c1-8-4-9(14(3)13-8)5-10(15)11(2)6-12-7-11/h4,12H,5-7H2,1-3H3. The lowest BCUT2D eigenvalue weighted by Gasteiger charge is -2.37. The van der Waals surface area contributed by atoms with Gasteiger partial charge in [0.05, 0.1) is 11.1 Å². The third kappa shape index (κ3) is 1.81. The second-order valence-corrected chi connectivity index (χ2v) is 4.66. The summed E-state index contributed by atoms with van der Waals surface area (Å²) < 4.78 is 1.79. The van der Waals surface area contributed by atoms with E-state index in [0.717, 1.165) is 24.5 Å². The summed E-state index contributed by atoms with van der Waals surface area (Å²) in [5, 5.41) is 7.38. The van der Waals surface area contributed by atoms with Gasteiger partial charge in [-0.25, -0.2) is 0 Å². The lowest BCUT2D eigenvalue weighted by molar-refractivity contribution is -0.129. The molecule has 1 saturated heterocycles. The number of carbonyl (C=O) groups excluding carboxylic acids is 1. The fourth-order valence-electron chi connectivity index (χ4n) is 1.90. The van der Waals surface area contributed by atoms with E-state index >= 15 is 0 Å². The second kappa shape index (κ2) is 3.45. The van der Waals surface area contributed by atoms with Crippen LogP contribution in [0.15, 0.2) is 6.07 Å². The van der Waals surface area contributed by atoms with Gasteiger partial charge < -0.3 is 5.32 Å². The lowest BCUT2D eigenvalue weighted by Crippen LogP contribution is -2.56. The van der Waals surface area contributed by atoms with Crippen LogP contribution in [0.1, 0.15) is 18.3 Å². The number of nitrogens with zero attached hydrogens (tertiary/aromatic N) is 2. The smallest absolute Gasteiger partial charge is 0.147 e. The molecule has 1 aliphatic rings. The Labute approximate surface area is 89.7 Å². The first kappa shape index (κ1) is 10.4. The van der Waals surface area contributed by atoms with Crippen LogP contribution in [0, 0.1) is 12.3 Å². The van der Waals surface area contributed by atoms with Gasteiger partial charge in [-0.15, -0.1) is 0 Å². The molecule has 0 amide bonds. The second-order valence-electron chi connectivity index (χ2n) is 4.66. The number of rotatable bonds is 3. The highest BCUT2D eigenvalue weighted by Crippen LogP contribution is 2.24. The van der Waals surface area contributed by atoms with E-state index in [-0.39, 0.29) is 5.41 Å². The molecule has 4 heteroatoms. The molecule has 0 atom stereocenters. The highest BCUT2D eigenvalue weighted by Gasteiger charge is 2.38. The highest BCUT2D eigenvalue weighted by molar-refractivity contribution is 5.87. The Morgan fingerprint density at radius 1 is 1.67 bits per heavy atom. The van der Waals surface area contributed by atoms with Crippen LogP contribution in [0.2, 0.25) is 0 Å². The van der Waals surface area contributed by atoms with E-state index in [0.29, 0.717) is 12.2 Å². The predicted octanol–water partition coefficient (Wildman–Crippen LogP) is 0.450. The summed E-state index contributed by atoms with van der Waals surface area (Å²) in [4.78, 5) is 12.0. The molecule has 2 heterocycles. The monoisotopic (exact) mass is 207 g/mol. The van der Waals surface area contributed by atoms with Gasteiger partial charge in [0.1, 0.15) is 5.78 Å². The minimum atomic E-state index is -0.155. The Hall–Kier alpha value is -1.16. The van der Waals surface area contributed by atoms with Crippen molar-refractivity contribution in [3.05, 3.63) is 17.5 Å². The molecular formula is C11H17N3O. The first-order chi connectivity index (χ1) is 7.01. The van der Waals surface area contributed by atoms with Crippen molar-refractivity contribution >= 4 is 5.78 Å². The maximum absolute atomic E-state index is 12.0. The van der Waals surface area contributed by atoms with Gasteiger partial charge in [-0.3, -0.25) is 9.48 Å². The van der Waals surface area contributed by atoms with E-state index < -0.39 is 0 Å². The van der Waals surface area contributed by atoms with Crippen LogP contribution in [0.4, 0.5) is 0 Å². The summed E-state index contributed by atoms with van der Waals surface area (Å²) in [5.41, 5.74) is 1.82. The Morgan fingerprint density at radius 3 is 2.73 bits per heavy atom. The van der Waals surface area contributed by atoms with Crippen molar-refractivity contribution in [3.8, 4) is 0 Å². The van der Waals surface area contributed by atoms with Crippen molar-refractivity contribution in [2.24, 2.45) is 12.5 Å². The number of ketones is 1. The molecule has 1 N–H and O–H groups in total. The maximum atomic E-state index is 12.0. The van der Waals surface area contributed by atoms with Gasteiger partial charge >= 0.3 is 0 Å². The summed E-state index contributed by atoms with van der Waals surface area (Å²) in [6, 6.07) is 1.98. The third-order valence-corrected chi connectivity index (χ3v) is 3.14. The van der Waals surface area contributed by atoms with Gasteiger partial charge in [-0.05, 0) is 13.0 Å². The molecule has 0 spiro atoms. The van der Waals surface area contributed by atoms with E-state index in [9.17, 15) is 4.79 Å². The molecule has 0 unspecified atom stereocenters. The topological polar surface area (TPSA) is 46.9 Å². The molecule has 1 aliphatic heterocycles. The van der Waals surface area contributed by atoms with Crippen molar-refractivity contribution < 1.29 is 4.79 Å². The van der Waals surface area contributed by atoms with Gasteiger partial charge in [0.25, 0.3) is 0 Å². The molecule has 4 nitrogen and oxygen atoms in total. The molecule has 15 heavy (non-hydrogen) atoms. The van der Waals surface area contributed by atoms with Gasteiger partial charge in [0.15, 0.2) is 0 Å². The third-order valence-electron chi connectivity index (χ3n) is 3.14. The normalized spacial score (nSPS) is 18.6. The Morgan fingerprint density at radius 2 is 2.33 bits per heavy atom. The van der Waals surface area contributed by atoms with Crippen LogP contribution in [0.5, 0.6) is 0 Å². The maximum Gasteiger partial charge on any atom is 0.147 e. The zero-order valence-corrected chi connectivity index (χ0v) is 9.50. The van der Waals surface area contributed by atoms with Gasteiger partial charge in [-0.2, -0.15) is 5.10 Å². The van der Waals surface area contributed by atoms with Crippen LogP contribution < -0.4 is 5.32 Å². The minimum absolute atomic E-state index is 0.155. The van der Waals surface area contributed by atoms with Crippen molar-refractivity contribution in [2.75, 3.05) is 13.1 Å². The number of aromatic nitrogens is 2. The molecule has 0 bridgehead atoms. The van der Waals surface area contributed by atoms with Crippen LogP contribution in [0.3, 0.4) is 0 Å². The molecular weight excluding hydrogens is 190 g/mol. The largest absolute Gasteiger partial charge is 0.315 e. The van der Waals surface area contributed by atoms with Crippen LogP contribution >= 0.6 is 0 Å². The van der Waals surface area contributed by atoms with Crippen molar-refractivity contribution in [1.82, 2.24) is 15.1 Å². The van der Waals surface area contributed by atoms with E-state index in [1.807, 2.05) is 27.0 Å². The van der Waals surface area contributed by atoms with Gasteiger partial charge in [0, 0.05) is 32.3 Å². The van der Waals surface area contributed by atoms with E-state index in [2.05, 4.69) is 10.4 Å². The number of Topliss-reactive ketones (excluding diaryl/α,β-unsaturated/α-hetero) is 1. The molecule has 2 rings (SSSR count). The zero-order chi connectivity index (χ0) is 11.1. The number of hydrogen-bond acceptors (Lipinski definition) is 3. The fraction of sp³-hybridized carbons (Fsp3) is 0.636. The van der Waals surface area contributed by atoms with Crippen molar-refractivity contribution in [1.29, 1.82) is 0 Å². The average molecular weight is 207 g/mol. The minimum Gasteiger partial charge on any atom is -0.315 e. The molecule has 1 aromatic rings. The summed E-state index contributed by atoms with van der Waals surface area (Å²) in [6.07, 6.45) is 0.496. The molecule has 0 aromatic carbocycles. The molecule has 1 aromatic heterocycles. The summed E-state index contributed by atoms with van der Waals surface area (Å²) in [5.74, 6) is 0.309. The Balaban J connectivity index is 2.09. The fourth-order valence-corrected chi connectivity index (χ4v) is 1.90. The van der Waals surface area contributed by atoms with E-state index in [1.54, 1.807) is 4.68 Å². The average Bonchev–Trinajstić information content (AvgIpc) is 2.41. The van der Waals surface area contributed by atoms with E-state index in [1.165, 1.54) is 0 Å². The zero-order valence-electron chi connectivity index (χ0n) is 9.50. The Bertz CT molecular complexity index is 391. The number of carbonyl (C=O) groups is 1. The summed E-state index contributed by atoms with van der Waals surface area (Å²) >= 11 is 0. The SMILES string of the molecule is Cc1cc(CC(=O)C2(C)CNC2)n(C)n1. The van der Waals surface area contributed by atoms with Crippen molar-refractivity contribution in [2.45, 2.75) is 20.3 Å². The first-order valence-electron chi connectivity index (χ1n) is 5.25. The van der Waals surface area contributed by atoms with Crippen molar-refractivity contribution in [3.63, 3.8) is 0 Å². The van der Waals surface area contributed by atoms with Gasteiger partial charge in [0.2, 0.25) is 0 Å². The van der Waals surface area contributed by atoms with Crippen LogP contribution in [-0.4, -0.2) is 28.7 Å². The van der Waals surface area contributed by atoms with Crippen LogP contribution in [-0.2, 0) is 18.3 Å². The predicted molar refractivity (Wildman–Crippen MR) is 57.6 cm³/mol. The van der Waals surface area contributed by atoms with Crippen LogP contribution in [0.25, 0.3) is 0 Å². The Kier molecular flexibility index (Phi) is 2.38. The summed E-state index contributed by atoms with van der Waals surface area (Å²) in [6.45, 7) is 5.58. The van der Waals surface area contributed by atoms with E-state index in [4.69, 9.17) is 0 Å². The number of aryl methyl sites for hydroxylation is 2. The lowest BCUT2D eigenvalue weighted by atomic mass is 9.78. The molecule has 0 saturated carbocycles. The molecule has 1 fully saturated rings. The molecule has 0 aliphatic carbocycles. The van der Waals surface area contributed by atoms with Gasteiger partial charge in [-0.1, -0.05) is 6.92 Å². The first-order valence-corrected chi connectivity index (χ1v) is 5.25.